The van der Waals surface area contributed by atoms with Gasteiger partial charge in [0.1, 0.15) is 11.6 Å². The van der Waals surface area contributed by atoms with Crippen LogP contribution in [0.5, 0.6) is 0 Å². The molecule has 0 unspecified atom stereocenters. The van der Waals surface area contributed by atoms with Gasteiger partial charge in [-0.3, -0.25) is 4.72 Å². The van der Waals surface area contributed by atoms with Crippen molar-refractivity contribution in [2.24, 2.45) is 0 Å². The molecule has 0 radical (unpaired) electrons. The molecule has 7 nitrogen and oxygen atoms in total. The molecule has 3 aromatic rings. The highest BCUT2D eigenvalue weighted by Gasteiger charge is 2.16. The van der Waals surface area contributed by atoms with Gasteiger partial charge in [0, 0.05) is 18.3 Å². The molecule has 0 saturated carbocycles. The van der Waals surface area contributed by atoms with Crippen molar-refractivity contribution >= 4 is 38.9 Å². The summed E-state index contributed by atoms with van der Waals surface area (Å²) < 4.78 is 44.8. The number of nitrogens with zero attached hydrogens (tertiary/aromatic N) is 1. The van der Waals surface area contributed by atoms with Crippen molar-refractivity contribution < 1.29 is 17.3 Å². The minimum absolute atomic E-state index is 0.0730. The third-order valence-corrected chi connectivity index (χ3v) is 5.27. The molecule has 0 aliphatic carbocycles. The van der Waals surface area contributed by atoms with Crippen molar-refractivity contribution in [3.05, 3.63) is 71.7 Å². The first-order valence-corrected chi connectivity index (χ1v) is 10.1. The van der Waals surface area contributed by atoms with Gasteiger partial charge in [0.05, 0.1) is 4.90 Å². The minimum Gasteiger partial charge on any atom is -0.360 e. The molecule has 0 spiro atoms. The van der Waals surface area contributed by atoms with Crippen LogP contribution in [0.1, 0.15) is 11.3 Å². The summed E-state index contributed by atoms with van der Waals surface area (Å²) in [6.45, 7) is 2.10. The zero-order valence-electron chi connectivity index (χ0n) is 14.8. The van der Waals surface area contributed by atoms with Crippen LogP contribution in [0.4, 0.5) is 15.9 Å². The van der Waals surface area contributed by atoms with E-state index in [0.717, 1.165) is 5.56 Å². The van der Waals surface area contributed by atoms with Crippen LogP contribution in [0.25, 0.3) is 0 Å². The standard InChI is InChI=1S/C18H17FN4O3S2/c1-12-10-17(22-26-12)23-28(24,25)16-8-6-15(7-9-16)21-18(27)20-11-13-2-4-14(19)5-3-13/h2-10H,11H2,1H3,(H,22,23)(H2,20,21,27). The predicted octanol–water partition coefficient (Wildman–Crippen LogP) is 3.41. The summed E-state index contributed by atoms with van der Waals surface area (Å²) in [5.74, 6) is 0.317. The molecule has 146 valence electrons. The molecule has 0 bridgehead atoms. The largest absolute Gasteiger partial charge is 0.360 e. The van der Waals surface area contributed by atoms with E-state index in [0.29, 0.717) is 23.1 Å². The highest BCUT2D eigenvalue weighted by atomic mass is 32.2. The summed E-state index contributed by atoms with van der Waals surface area (Å²) >= 11 is 5.21. The second-order valence-electron chi connectivity index (χ2n) is 5.89. The molecule has 0 atom stereocenters. The number of benzene rings is 2. The number of rotatable bonds is 6. The van der Waals surface area contributed by atoms with Crippen LogP contribution in [0.3, 0.4) is 0 Å². The van der Waals surface area contributed by atoms with E-state index in [2.05, 4.69) is 20.5 Å². The summed E-state index contributed by atoms with van der Waals surface area (Å²) in [7, 11) is -3.77. The molecule has 1 aromatic heterocycles. The van der Waals surface area contributed by atoms with Gasteiger partial charge in [0.2, 0.25) is 0 Å². The highest BCUT2D eigenvalue weighted by Crippen LogP contribution is 2.18. The van der Waals surface area contributed by atoms with E-state index in [1.165, 1.54) is 30.3 Å². The first-order chi connectivity index (χ1) is 13.3. The van der Waals surface area contributed by atoms with Crippen LogP contribution in [0.2, 0.25) is 0 Å². The Bertz CT molecular complexity index is 1060. The fourth-order valence-corrected chi connectivity index (χ4v) is 3.46. The number of anilines is 2. The van der Waals surface area contributed by atoms with Crippen LogP contribution in [-0.2, 0) is 16.6 Å². The van der Waals surface area contributed by atoms with Gasteiger partial charge in [-0.1, -0.05) is 17.3 Å². The second-order valence-corrected chi connectivity index (χ2v) is 7.98. The molecule has 0 fully saturated rings. The minimum atomic E-state index is -3.77. The molecule has 3 N–H and O–H groups in total. The second kappa shape index (κ2) is 8.36. The quantitative estimate of drug-likeness (QED) is 0.526. The molecule has 2 aromatic carbocycles. The average Bonchev–Trinajstić information content (AvgIpc) is 3.06. The molecule has 0 saturated heterocycles. The molecule has 0 amide bonds. The lowest BCUT2D eigenvalue weighted by atomic mass is 10.2. The van der Waals surface area contributed by atoms with Crippen molar-refractivity contribution in [3.8, 4) is 0 Å². The zero-order chi connectivity index (χ0) is 20.1. The molecular formula is C18H17FN4O3S2. The Morgan fingerprint density at radius 2 is 1.82 bits per heavy atom. The molecular weight excluding hydrogens is 403 g/mol. The number of aryl methyl sites for hydroxylation is 1. The van der Waals surface area contributed by atoms with E-state index < -0.39 is 10.0 Å². The number of hydrogen-bond acceptors (Lipinski definition) is 5. The van der Waals surface area contributed by atoms with E-state index in [-0.39, 0.29) is 16.5 Å². The Hall–Kier alpha value is -2.98. The fraction of sp³-hybridized carbons (Fsp3) is 0.111. The molecule has 1 heterocycles. The Morgan fingerprint density at radius 3 is 2.43 bits per heavy atom. The number of nitrogens with one attached hydrogen (secondary N) is 3. The lowest BCUT2D eigenvalue weighted by Crippen LogP contribution is -2.27. The van der Waals surface area contributed by atoms with Crippen LogP contribution in [0.15, 0.2) is 64.0 Å². The van der Waals surface area contributed by atoms with E-state index in [1.807, 2.05) is 0 Å². The number of sulfonamides is 1. The molecule has 0 aliphatic heterocycles. The maximum atomic E-state index is 12.9. The molecule has 10 heteroatoms. The third-order valence-electron chi connectivity index (χ3n) is 3.66. The lowest BCUT2D eigenvalue weighted by Gasteiger charge is -2.11. The van der Waals surface area contributed by atoms with E-state index in [1.54, 1.807) is 31.2 Å². The first-order valence-electron chi connectivity index (χ1n) is 8.17. The topological polar surface area (TPSA) is 96.3 Å². The fourth-order valence-electron chi connectivity index (χ4n) is 2.29. The number of thiocarbonyl (C=S) groups is 1. The smallest absolute Gasteiger partial charge is 0.263 e. The number of hydrogen-bond donors (Lipinski definition) is 3. The van der Waals surface area contributed by atoms with Crippen molar-refractivity contribution in [1.29, 1.82) is 0 Å². The van der Waals surface area contributed by atoms with Crippen molar-refractivity contribution in [2.45, 2.75) is 18.4 Å². The maximum absolute atomic E-state index is 12.9. The first kappa shape index (κ1) is 19.8. The van der Waals surface area contributed by atoms with Gasteiger partial charge >= 0.3 is 0 Å². The third kappa shape index (κ3) is 5.27. The molecule has 3 rings (SSSR count). The Kier molecular flexibility index (Phi) is 5.90. The highest BCUT2D eigenvalue weighted by molar-refractivity contribution is 7.92. The summed E-state index contributed by atoms with van der Waals surface area (Å²) in [5.41, 5.74) is 1.49. The van der Waals surface area contributed by atoms with Crippen LogP contribution in [0, 0.1) is 12.7 Å². The summed E-state index contributed by atoms with van der Waals surface area (Å²) in [5, 5.41) is 9.92. The SMILES string of the molecule is Cc1cc(NS(=O)(=O)c2ccc(NC(=S)NCc3ccc(F)cc3)cc2)no1. The van der Waals surface area contributed by atoms with Gasteiger partial charge in [0.15, 0.2) is 10.9 Å². The normalized spacial score (nSPS) is 11.1. The van der Waals surface area contributed by atoms with Gasteiger partial charge in [0.25, 0.3) is 10.0 Å². The summed E-state index contributed by atoms with van der Waals surface area (Å²) in [6, 6.07) is 13.6. The number of aromatic nitrogens is 1. The summed E-state index contributed by atoms with van der Waals surface area (Å²) in [6.07, 6.45) is 0. The van der Waals surface area contributed by atoms with Crippen LogP contribution in [-0.4, -0.2) is 18.7 Å². The lowest BCUT2D eigenvalue weighted by molar-refractivity contribution is 0.400. The van der Waals surface area contributed by atoms with Crippen LogP contribution < -0.4 is 15.4 Å². The Morgan fingerprint density at radius 1 is 1.14 bits per heavy atom. The monoisotopic (exact) mass is 420 g/mol. The van der Waals surface area contributed by atoms with Gasteiger partial charge < -0.3 is 15.2 Å². The molecule has 0 aliphatic rings. The van der Waals surface area contributed by atoms with E-state index >= 15 is 0 Å². The van der Waals surface area contributed by atoms with Crippen molar-refractivity contribution in [3.63, 3.8) is 0 Å². The van der Waals surface area contributed by atoms with Crippen LogP contribution >= 0.6 is 12.2 Å². The van der Waals surface area contributed by atoms with Crippen molar-refractivity contribution in [1.82, 2.24) is 10.5 Å². The van der Waals surface area contributed by atoms with Gasteiger partial charge in [-0.2, -0.15) is 0 Å². The zero-order valence-corrected chi connectivity index (χ0v) is 16.4. The van der Waals surface area contributed by atoms with Crippen molar-refractivity contribution in [2.75, 3.05) is 10.0 Å². The molecule has 28 heavy (non-hydrogen) atoms. The Balaban J connectivity index is 1.57. The Labute approximate surface area is 167 Å². The maximum Gasteiger partial charge on any atom is 0.263 e. The average molecular weight is 420 g/mol. The number of halogens is 1. The van der Waals surface area contributed by atoms with Gasteiger partial charge in [-0.25, -0.2) is 12.8 Å². The van der Waals surface area contributed by atoms with E-state index in [9.17, 15) is 12.8 Å². The summed E-state index contributed by atoms with van der Waals surface area (Å²) in [4.78, 5) is 0.0730. The predicted molar refractivity (Wildman–Crippen MR) is 108 cm³/mol. The van der Waals surface area contributed by atoms with E-state index in [4.69, 9.17) is 16.7 Å². The van der Waals surface area contributed by atoms with Gasteiger partial charge in [-0.15, -0.1) is 0 Å². The van der Waals surface area contributed by atoms with Gasteiger partial charge in [-0.05, 0) is 61.1 Å².